The fourth-order valence-corrected chi connectivity index (χ4v) is 2.45. The fraction of sp³-hybridized carbons (Fsp3) is 0.188. The first kappa shape index (κ1) is 12.7. The third-order valence-corrected chi connectivity index (χ3v) is 3.34. The molecule has 0 saturated carbocycles. The predicted octanol–water partition coefficient (Wildman–Crippen LogP) is 2.78. The minimum atomic E-state index is 0.815. The quantitative estimate of drug-likeness (QED) is 0.714. The number of aromatic nitrogens is 2. The minimum Gasteiger partial charge on any atom is -0.399 e. The molecule has 0 bridgehead atoms. The maximum absolute atomic E-state index is 5.81. The Morgan fingerprint density at radius 1 is 1.10 bits per heavy atom. The van der Waals surface area contributed by atoms with E-state index < -0.39 is 0 Å². The molecule has 1 heterocycles. The first-order valence-corrected chi connectivity index (χ1v) is 6.66. The number of imidazole rings is 1. The smallest absolute Gasteiger partial charge is 0.0931 e. The van der Waals surface area contributed by atoms with E-state index in [1.807, 2.05) is 18.2 Å². The summed E-state index contributed by atoms with van der Waals surface area (Å²) in [7, 11) is 2.11. The van der Waals surface area contributed by atoms with Crippen molar-refractivity contribution in [1.29, 1.82) is 0 Å². The number of nitrogens with zero attached hydrogens (tertiary/aromatic N) is 2. The van der Waals surface area contributed by atoms with Gasteiger partial charge in [0.2, 0.25) is 0 Å². The second-order valence-electron chi connectivity index (χ2n) is 5.17. The summed E-state index contributed by atoms with van der Waals surface area (Å²) in [5.74, 6) is 0. The molecule has 0 aliphatic carbocycles. The average Bonchev–Trinajstić information content (AvgIpc) is 2.86. The molecule has 0 fully saturated rings. The Labute approximate surface area is 118 Å². The van der Waals surface area contributed by atoms with Crippen molar-refractivity contribution in [1.82, 2.24) is 14.9 Å². The number of H-pyrrole nitrogens is 1. The molecule has 0 radical (unpaired) electrons. The number of hydrogen-bond acceptors (Lipinski definition) is 3. The Bertz CT molecular complexity index is 717. The zero-order chi connectivity index (χ0) is 13.9. The molecule has 3 rings (SSSR count). The highest BCUT2D eigenvalue weighted by Gasteiger charge is 2.04. The molecule has 1 aromatic heterocycles. The van der Waals surface area contributed by atoms with Crippen LogP contribution < -0.4 is 5.73 Å². The largest absolute Gasteiger partial charge is 0.399 e. The Kier molecular flexibility index (Phi) is 3.39. The lowest BCUT2D eigenvalue weighted by molar-refractivity contribution is 0.319. The Morgan fingerprint density at radius 3 is 2.70 bits per heavy atom. The van der Waals surface area contributed by atoms with E-state index in [1.165, 1.54) is 11.1 Å². The van der Waals surface area contributed by atoms with Gasteiger partial charge in [0, 0.05) is 18.8 Å². The van der Waals surface area contributed by atoms with Crippen molar-refractivity contribution >= 4 is 16.7 Å². The second kappa shape index (κ2) is 5.35. The lowest BCUT2D eigenvalue weighted by Gasteiger charge is -2.17. The highest BCUT2D eigenvalue weighted by atomic mass is 15.1. The van der Waals surface area contributed by atoms with E-state index >= 15 is 0 Å². The normalized spacial score (nSPS) is 11.3. The molecule has 4 heteroatoms. The van der Waals surface area contributed by atoms with Crippen molar-refractivity contribution < 1.29 is 0 Å². The van der Waals surface area contributed by atoms with Crippen LogP contribution in [0.3, 0.4) is 0 Å². The van der Waals surface area contributed by atoms with Gasteiger partial charge in [-0.2, -0.15) is 0 Å². The van der Waals surface area contributed by atoms with E-state index in [4.69, 9.17) is 5.73 Å². The van der Waals surface area contributed by atoms with Crippen molar-refractivity contribution in [3.8, 4) is 0 Å². The molecule has 0 atom stereocenters. The van der Waals surface area contributed by atoms with Crippen LogP contribution in [0.25, 0.3) is 11.0 Å². The van der Waals surface area contributed by atoms with Gasteiger partial charge in [0.25, 0.3) is 0 Å². The molecule has 0 amide bonds. The van der Waals surface area contributed by atoms with E-state index in [0.29, 0.717) is 0 Å². The third-order valence-electron chi connectivity index (χ3n) is 3.34. The minimum absolute atomic E-state index is 0.815. The molecule has 20 heavy (non-hydrogen) atoms. The van der Waals surface area contributed by atoms with Crippen molar-refractivity contribution in [2.45, 2.75) is 13.1 Å². The third kappa shape index (κ3) is 2.81. The van der Waals surface area contributed by atoms with Crippen LogP contribution in [0, 0.1) is 0 Å². The van der Waals surface area contributed by atoms with Gasteiger partial charge in [-0.3, -0.25) is 4.90 Å². The number of nitrogens with two attached hydrogens (primary N) is 1. The first-order chi connectivity index (χ1) is 9.70. The molecule has 2 aromatic carbocycles. The number of rotatable bonds is 4. The molecule has 4 nitrogen and oxygen atoms in total. The van der Waals surface area contributed by atoms with Crippen LogP contribution in [0.4, 0.5) is 5.69 Å². The van der Waals surface area contributed by atoms with Crippen LogP contribution in [0.15, 0.2) is 48.8 Å². The van der Waals surface area contributed by atoms with Crippen LogP contribution in [0.2, 0.25) is 0 Å². The van der Waals surface area contributed by atoms with Crippen LogP contribution in [-0.4, -0.2) is 21.9 Å². The van der Waals surface area contributed by atoms with Gasteiger partial charge in [-0.05, 0) is 42.4 Å². The number of anilines is 1. The SMILES string of the molecule is CN(Cc1cccc(N)c1)Cc1ccc2nc[nH]c2c1. The number of nitrogens with one attached hydrogen (secondary N) is 1. The molecule has 0 aliphatic heterocycles. The first-order valence-electron chi connectivity index (χ1n) is 6.66. The fourth-order valence-electron chi connectivity index (χ4n) is 2.45. The number of hydrogen-bond donors (Lipinski definition) is 2. The Morgan fingerprint density at radius 2 is 1.90 bits per heavy atom. The monoisotopic (exact) mass is 266 g/mol. The van der Waals surface area contributed by atoms with Crippen molar-refractivity contribution in [3.63, 3.8) is 0 Å². The summed E-state index contributed by atoms with van der Waals surface area (Å²) in [5.41, 5.74) is 11.2. The van der Waals surface area contributed by atoms with Crippen LogP contribution in [0.1, 0.15) is 11.1 Å². The van der Waals surface area contributed by atoms with Gasteiger partial charge in [-0.1, -0.05) is 18.2 Å². The van der Waals surface area contributed by atoms with Crippen molar-refractivity contribution in [2.75, 3.05) is 12.8 Å². The van der Waals surface area contributed by atoms with Crippen molar-refractivity contribution in [3.05, 3.63) is 59.9 Å². The van der Waals surface area contributed by atoms with Gasteiger partial charge < -0.3 is 10.7 Å². The Hall–Kier alpha value is -2.33. The summed E-state index contributed by atoms with van der Waals surface area (Å²) < 4.78 is 0. The zero-order valence-corrected chi connectivity index (χ0v) is 11.5. The highest BCUT2D eigenvalue weighted by molar-refractivity contribution is 5.74. The molecule has 0 aliphatic rings. The summed E-state index contributed by atoms with van der Waals surface area (Å²) in [6.07, 6.45) is 1.73. The van der Waals surface area contributed by atoms with Crippen molar-refractivity contribution in [2.24, 2.45) is 0 Å². The molecule has 3 aromatic rings. The zero-order valence-electron chi connectivity index (χ0n) is 11.5. The molecule has 0 unspecified atom stereocenters. The summed E-state index contributed by atoms with van der Waals surface area (Å²) in [4.78, 5) is 9.65. The summed E-state index contributed by atoms with van der Waals surface area (Å²) in [6.45, 7) is 1.77. The molecule has 0 saturated heterocycles. The second-order valence-corrected chi connectivity index (χ2v) is 5.17. The van der Waals surface area contributed by atoms with Crippen LogP contribution in [0.5, 0.6) is 0 Å². The van der Waals surface area contributed by atoms with E-state index in [1.54, 1.807) is 6.33 Å². The molecule has 102 valence electrons. The van der Waals surface area contributed by atoms with E-state index in [2.05, 4.69) is 46.2 Å². The summed E-state index contributed by atoms with van der Waals surface area (Å²) >= 11 is 0. The number of benzene rings is 2. The lowest BCUT2D eigenvalue weighted by Crippen LogP contribution is -2.17. The molecule has 0 spiro atoms. The van der Waals surface area contributed by atoms with Gasteiger partial charge in [0.05, 0.1) is 17.4 Å². The van der Waals surface area contributed by atoms with Gasteiger partial charge in [-0.15, -0.1) is 0 Å². The number of fused-ring (bicyclic) bond motifs is 1. The average molecular weight is 266 g/mol. The van der Waals surface area contributed by atoms with Gasteiger partial charge in [0.1, 0.15) is 0 Å². The maximum Gasteiger partial charge on any atom is 0.0931 e. The topological polar surface area (TPSA) is 57.9 Å². The standard InChI is InChI=1S/C16H18N4/c1-20(9-12-3-2-4-14(17)7-12)10-13-5-6-15-16(8-13)19-11-18-15/h2-8,11H,9-10,17H2,1H3,(H,18,19). The Balaban J connectivity index is 1.70. The lowest BCUT2D eigenvalue weighted by atomic mass is 10.1. The van der Waals surface area contributed by atoms with Gasteiger partial charge in [-0.25, -0.2) is 4.98 Å². The summed E-state index contributed by atoms with van der Waals surface area (Å²) in [6, 6.07) is 14.4. The number of nitrogen functional groups attached to an aromatic ring is 1. The van der Waals surface area contributed by atoms with E-state index in [0.717, 1.165) is 29.8 Å². The van der Waals surface area contributed by atoms with E-state index in [9.17, 15) is 0 Å². The molecular formula is C16H18N4. The van der Waals surface area contributed by atoms with E-state index in [-0.39, 0.29) is 0 Å². The van der Waals surface area contributed by atoms with Crippen LogP contribution >= 0.6 is 0 Å². The predicted molar refractivity (Wildman–Crippen MR) is 82.1 cm³/mol. The molecule has 3 N–H and O–H groups in total. The maximum atomic E-state index is 5.81. The molecular weight excluding hydrogens is 248 g/mol. The highest BCUT2D eigenvalue weighted by Crippen LogP contribution is 2.15. The van der Waals surface area contributed by atoms with Gasteiger partial charge in [0.15, 0.2) is 0 Å². The van der Waals surface area contributed by atoms with Gasteiger partial charge >= 0.3 is 0 Å². The number of aromatic amines is 1. The summed E-state index contributed by atoms with van der Waals surface area (Å²) in [5, 5.41) is 0. The van der Waals surface area contributed by atoms with Crippen LogP contribution in [-0.2, 0) is 13.1 Å².